The zero-order valence-corrected chi connectivity index (χ0v) is 21.3. The SMILES string of the molecule is Cc1ccc(C)c(NC(=O)COC(=O)[C@H]2CC(=O)N(c3ccc(Oc4cccc5ccccc45)cc3)C2)c1. The lowest BCUT2D eigenvalue weighted by Gasteiger charge is -2.17. The summed E-state index contributed by atoms with van der Waals surface area (Å²) >= 11 is 0. The molecule has 1 atom stereocenters. The monoisotopic (exact) mass is 508 g/mol. The van der Waals surface area contributed by atoms with E-state index in [1.165, 1.54) is 0 Å². The molecule has 0 aliphatic carbocycles. The molecule has 7 nitrogen and oxygen atoms in total. The van der Waals surface area contributed by atoms with Gasteiger partial charge in [0, 0.05) is 29.7 Å². The Balaban J connectivity index is 1.17. The van der Waals surface area contributed by atoms with Gasteiger partial charge in [-0.15, -0.1) is 0 Å². The number of carbonyl (C=O) groups is 3. The van der Waals surface area contributed by atoms with Crippen LogP contribution in [0.2, 0.25) is 0 Å². The van der Waals surface area contributed by atoms with Crippen molar-refractivity contribution in [1.82, 2.24) is 0 Å². The van der Waals surface area contributed by atoms with Gasteiger partial charge in [-0.25, -0.2) is 0 Å². The lowest BCUT2D eigenvalue weighted by atomic mass is 10.1. The molecule has 1 N–H and O–H groups in total. The molecule has 4 aromatic carbocycles. The summed E-state index contributed by atoms with van der Waals surface area (Å²) in [5.74, 6) is -0.403. The van der Waals surface area contributed by atoms with Crippen LogP contribution < -0.4 is 15.0 Å². The van der Waals surface area contributed by atoms with Gasteiger partial charge in [-0.1, -0.05) is 48.5 Å². The molecule has 1 aliphatic rings. The van der Waals surface area contributed by atoms with Crippen LogP contribution in [-0.4, -0.2) is 30.9 Å². The van der Waals surface area contributed by atoms with Crippen LogP contribution in [0.15, 0.2) is 84.9 Å². The zero-order chi connectivity index (χ0) is 26.6. The van der Waals surface area contributed by atoms with Crippen LogP contribution in [0.4, 0.5) is 11.4 Å². The highest BCUT2D eigenvalue weighted by molar-refractivity contribution is 6.00. The quantitative estimate of drug-likeness (QED) is 0.320. The summed E-state index contributed by atoms with van der Waals surface area (Å²) in [5, 5.41) is 4.87. The maximum absolute atomic E-state index is 12.7. The van der Waals surface area contributed by atoms with Gasteiger partial charge in [-0.3, -0.25) is 14.4 Å². The van der Waals surface area contributed by atoms with Crippen molar-refractivity contribution in [3.63, 3.8) is 0 Å². The van der Waals surface area contributed by atoms with Gasteiger partial charge in [-0.05, 0) is 66.8 Å². The van der Waals surface area contributed by atoms with Crippen LogP contribution in [-0.2, 0) is 19.1 Å². The number of hydrogen-bond donors (Lipinski definition) is 1. The molecule has 5 rings (SSSR count). The first-order chi connectivity index (χ1) is 18.4. The molecule has 1 saturated heterocycles. The summed E-state index contributed by atoms with van der Waals surface area (Å²) in [6.07, 6.45) is 0.0334. The van der Waals surface area contributed by atoms with E-state index < -0.39 is 24.4 Å². The Bertz CT molecular complexity index is 1510. The molecule has 1 heterocycles. The van der Waals surface area contributed by atoms with Gasteiger partial charge in [0.25, 0.3) is 5.91 Å². The number of carbonyl (C=O) groups excluding carboxylic acids is 3. The van der Waals surface area contributed by atoms with Crippen LogP contribution in [0.25, 0.3) is 10.8 Å². The molecule has 1 aliphatic heterocycles. The Labute approximate surface area is 221 Å². The first-order valence-electron chi connectivity index (χ1n) is 12.5. The highest BCUT2D eigenvalue weighted by Crippen LogP contribution is 2.32. The summed E-state index contributed by atoms with van der Waals surface area (Å²) in [5.41, 5.74) is 3.28. The van der Waals surface area contributed by atoms with Crippen LogP contribution >= 0.6 is 0 Å². The Morgan fingerprint density at radius 3 is 2.53 bits per heavy atom. The largest absolute Gasteiger partial charge is 0.457 e. The normalized spacial score (nSPS) is 14.9. The third kappa shape index (κ3) is 5.52. The molecular weight excluding hydrogens is 480 g/mol. The lowest BCUT2D eigenvalue weighted by molar-refractivity contribution is -0.151. The number of hydrogen-bond acceptors (Lipinski definition) is 5. The van der Waals surface area contributed by atoms with E-state index in [1.807, 2.05) is 74.5 Å². The van der Waals surface area contributed by atoms with Crippen LogP contribution in [0.5, 0.6) is 11.5 Å². The van der Waals surface area contributed by atoms with E-state index in [0.717, 1.165) is 27.6 Å². The Morgan fingerprint density at radius 2 is 1.71 bits per heavy atom. The molecule has 7 heteroatoms. The van der Waals surface area contributed by atoms with Crippen molar-refractivity contribution in [2.75, 3.05) is 23.4 Å². The summed E-state index contributed by atoms with van der Waals surface area (Å²) in [6.45, 7) is 3.61. The average molecular weight is 509 g/mol. The number of amides is 2. The lowest BCUT2D eigenvalue weighted by Crippen LogP contribution is -2.28. The van der Waals surface area contributed by atoms with Gasteiger partial charge in [0.2, 0.25) is 5.91 Å². The van der Waals surface area contributed by atoms with Gasteiger partial charge >= 0.3 is 5.97 Å². The van der Waals surface area contributed by atoms with E-state index in [-0.39, 0.29) is 18.9 Å². The minimum absolute atomic E-state index is 0.0334. The Kier molecular flexibility index (Phi) is 7.09. The Hall–Kier alpha value is -4.65. The van der Waals surface area contributed by atoms with Crippen LogP contribution in [0.1, 0.15) is 17.5 Å². The van der Waals surface area contributed by atoms with E-state index >= 15 is 0 Å². The number of benzene rings is 4. The Morgan fingerprint density at radius 1 is 0.947 bits per heavy atom. The maximum atomic E-state index is 12.7. The molecule has 192 valence electrons. The van der Waals surface area contributed by atoms with Crippen molar-refractivity contribution in [2.24, 2.45) is 5.92 Å². The van der Waals surface area contributed by atoms with E-state index in [1.54, 1.807) is 29.2 Å². The third-order valence-electron chi connectivity index (χ3n) is 6.60. The number of rotatable bonds is 7. The third-order valence-corrected chi connectivity index (χ3v) is 6.60. The summed E-state index contributed by atoms with van der Waals surface area (Å²) in [4.78, 5) is 39.1. The van der Waals surface area contributed by atoms with Gasteiger partial charge in [0.05, 0.1) is 5.92 Å². The number of esters is 1. The van der Waals surface area contributed by atoms with Crippen LogP contribution in [0.3, 0.4) is 0 Å². The topological polar surface area (TPSA) is 84.9 Å². The fourth-order valence-electron chi connectivity index (χ4n) is 4.53. The average Bonchev–Trinajstić information content (AvgIpc) is 3.31. The van der Waals surface area contributed by atoms with Crippen molar-refractivity contribution in [3.05, 3.63) is 96.1 Å². The minimum Gasteiger partial charge on any atom is -0.457 e. The molecule has 4 aromatic rings. The number of aryl methyl sites for hydroxylation is 2. The predicted molar refractivity (Wildman–Crippen MR) is 146 cm³/mol. The fourth-order valence-corrected chi connectivity index (χ4v) is 4.53. The van der Waals surface area contributed by atoms with Crippen LogP contribution in [0, 0.1) is 19.8 Å². The first-order valence-corrected chi connectivity index (χ1v) is 12.5. The van der Waals surface area contributed by atoms with Crippen molar-refractivity contribution in [3.8, 4) is 11.5 Å². The molecule has 38 heavy (non-hydrogen) atoms. The van der Waals surface area contributed by atoms with Gasteiger partial charge in [-0.2, -0.15) is 0 Å². The second-order valence-corrected chi connectivity index (χ2v) is 9.45. The van der Waals surface area contributed by atoms with Gasteiger partial charge in [0.15, 0.2) is 6.61 Å². The van der Waals surface area contributed by atoms with Crippen molar-refractivity contribution in [2.45, 2.75) is 20.3 Å². The number of anilines is 2. The standard InChI is InChI=1S/C31H28N2O5/c1-20-10-11-21(2)27(16-20)32-29(34)19-37-31(36)23-17-30(35)33(18-23)24-12-14-25(15-13-24)38-28-9-5-7-22-6-3-4-8-26(22)28/h3-16,23H,17-19H2,1-2H3,(H,32,34)/t23-/m0/s1. The van der Waals surface area contributed by atoms with Gasteiger partial charge < -0.3 is 19.7 Å². The van der Waals surface area contributed by atoms with Crippen molar-refractivity contribution >= 4 is 39.9 Å². The highest BCUT2D eigenvalue weighted by Gasteiger charge is 2.36. The summed E-state index contributed by atoms with van der Waals surface area (Å²) in [6, 6.07) is 26.8. The van der Waals surface area contributed by atoms with Crippen molar-refractivity contribution < 1.29 is 23.9 Å². The molecule has 0 spiro atoms. The molecule has 2 amide bonds. The smallest absolute Gasteiger partial charge is 0.311 e. The highest BCUT2D eigenvalue weighted by atomic mass is 16.5. The first kappa shape index (κ1) is 25.0. The van der Waals surface area contributed by atoms with Crippen molar-refractivity contribution in [1.29, 1.82) is 0 Å². The van der Waals surface area contributed by atoms with E-state index in [9.17, 15) is 14.4 Å². The fraction of sp³-hybridized carbons (Fsp3) is 0.194. The van der Waals surface area contributed by atoms with Gasteiger partial charge in [0.1, 0.15) is 11.5 Å². The molecule has 0 unspecified atom stereocenters. The predicted octanol–water partition coefficient (Wildman–Crippen LogP) is 5.78. The van der Waals surface area contributed by atoms with E-state index in [4.69, 9.17) is 9.47 Å². The maximum Gasteiger partial charge on any atom is 0.311 e. The number of nitrogens with one attached hydrogen (secondary N) is 1. The molecule has 0 bridgehead atoms. The summed E-state index contributed by atoms with van der Waals surface area (Å²) in [7, 11) is 0. The number of ether oxygens (including phenoxy) is 2. The molecule has 0 saturated carbocycles. The zero-order valence-electron chi connectivity index (χ0n) is 21.3. The summed E-state index contributed by atoms with van der Waals surface area (Å²) < 4.78 is 11.3. The number of nitrogens with zero attached hydrogens (tertiary/aromatic N) is 1. The van der Waals surface area contributed by atoms with E-state index in [0.29, 0.717) is 17.1 Å². The molecule has 0 radical (unpaired) electrons. The molecular formula is C31H28N2O5. The number of fused-ring (bicyclic) bond motifs is 1. The second kappa shape index (κ2) is 10.8. The minimum atomic E-state index is -0.636. The molecule has 1 fully saturated rings. The second-order valence-electron chi connectivity index (χ2n) is 9.45. The van der Waals surface area contributed by atoms with E-state index in [2.05, 4.69) is 5.32 Å². The molecule has 0 aromatic heterocycles.